The standard InChI is InChI=1S/C20H18Cl2N2O2/c21-16-11-14(12-4-6-13(7-5-12)18(22)25)10-15-17(16)23-19(26)24-20(15)8-2-1-3-9-20/h4-7,10-11H,1-3,8-9H2,(H2,23,24,26). The molecule has 4 rings (SSSR count). The number of carbonyl (C=O) groups is 2. The molecule has 0 radical (unpaired) electrons. The van der Waals surface area contributed by atoms with Crippen molar-refractivity contribution in [2.75, 3.05) is 5.32 Å². The first kappa shape index (κ1) is 17.4. The first-order valence-corrected chi connectivity index (χ1v) is 9.48. The summed E-state index contributed by atoms with van der Waals surface area (Å²) in [6.07, 6.45) is 5.16. The molecule has 1 aliphatic heterocycles. The summed E-state index contributed by atoms with van der Waals surface area (Å²) in [5.41, 5.74) is 3.73. The van der Waals surface area contributed by atoms with Crippen molar-refractivity contribution in [2.24, 2.45) is 0 Å². The molecular weight excluding hydrogens is 371 g/mol. The molecule has 2 amide bonds. The van der Waals surface area contributed by atoms with Crippen LogP contribution in [-0.4, -0.2) is 11.3 Å². The van der Waals surface area contributed by atoms with E-state index in [4.69, 9.17) is 23.2 Å². The van der Waals surface area contributed by atoms with Crippen LogP contribution in [0.1, 0.15) is 48.0 Å². The van der Waals surface area contributed by atoms with Gasteiger partial charge >= 0.3 is 6.03 Å². The highest BCUT2D eigenvalue weighted by atomic mass is 35.5. The Morgan fingerprint density at radius 3 is 2.35 bits per heavy atom. The molecule has 4 nitrogen and oxygen atoms in total. The van der Waals surface area contributed by atoms with Crippen molar-refractivity contribution >= 4 is 40.2 Å². The Bertz CT molecular complexity index is 887. The minimum absolute atomic E-state index is 0.195. The number of anilines is 1. The number of fused-ring (bicyclic) bond motifs is 2. The fraction of sp³-hybridized carbons (Fsp3) is 0.300. The third kappa shape index (κ3) is 2.97. The van der Waals surface area contributed by atoms with Gasteiger partial charge in [-0.1, -0.05) is 43.0 Å². The lowest BCUT2D eigenvalue weighted by Crippen LogP contribution is -2.52. The number of urea groups is 1. The van der Waals surface area contributed by atoms with Gasteiger partial charge in [0.25, 0.3) is 5.24 Å². The van der Waals surface area contributed by atoms with E-state index in [0.717, 1.165) is 42.4 Å². The van der Waals surface area contributed by atoms with Crippen LogP contribution in [0, 0.1) is 0 Å². The molecule has 26 heavy (non-hydrogen) atoms. The number of rotatable bonds is 2. The Morgan fingerprint density at radius 1 is 1.00 bits per heavy atom. The highest BCUT2D eigenvalue weighted by Gasteiger charge is 2.41. The number of hydrogen-bond donors (Lipinski definition) is 2. The number of amides is 2. The van der Waals surface area contributed by atoms with Gasteiger partial charge in [-0.15, -0.1) is 0 Å². The summed E-state index contributed by atoms with van der Waals surface area (Å²) in [5, 5.41) is 6.05. The zero-order valence-corrected chi connectivity index (χ0v) is 15.6. The van der Waals surface area contributed by atoms with E-state index in [-0.39, 0.29) is 11.6 Å². The second kappa shape index (κ2) is 6.60. The van der Waals surface area contributed by atoms with E-state index in [1.165, 1.54) is 6.42 Å². The van der Waals surface area contributed by atoms with Gasteiger partial charge in [0.05, 0.1) is 16.2 Å². The Labute approximate surface area is 161 Å². The summed E-state index contributed by atoms with van der Waals surface area (Å²) in [6, 6.07) is 10.9. The minimum Gasteiger partial charge on any atom is -0.328 e. The van der Waals surface area contributed by atoms with Crippen LogP contribution in [0.2, 0.25) is 5.02 Å². The molecule has 2 aliphatic rings. The molecule has 0 saturated heterocycles. The fourth-order valence-electron chi connectivity index (χ4n) is 4.05. The first-order chi connectivity index (χ1) is 12.5. The van der Waals surface area contributed by atoms with Gasteiger partial charge in [0, 0.05) is 11.1 Å². The Hall–Kier alpha value is -2.04. The van der Waals surface area contributed by atoms with Crippen molar-refractivity contribution in [3.63, 3.8) is 0 Å². The molecule has 1 heterocycles. The highest BCUT2D eigenvalue weighted by molar-refractivity contribution is 6.67. The molecule has 1 spiro atoms. The number of halogens is 2. The van der Waals surface area contributed by atoms with Crippen molar-refractivity contribution in [2.45, 2.75) is 37.6 Å². The largest absolute Gasteiger partial charge is 0.328 e. The number of carbonyl (C=O) groups excluding carboxylic acids is 2. The van der Waals surface area contributed by atoms with Crippen LogP contribution in [0.3, 0.4) is 0 Å². The molecular formula is C20H18Cl2N2O2. The van der Waals surface area contributed by atoms with E-state index in [0.29, 0.717) is 16.3 Å². The molecule has 2 aromatic rings. The summed E-state index contributed by atoms with van der Waals surface area (Å²) >= 11 is 12.1. The highest BCUT2D eigenvalue weighted by Crippen LogP contribution is 2.46. The maximum absolute atomic E-state index is 12.2. The normalized spacial score (nSPS) is 18.0. The van der Waals surface area contributed by atoms with Gasteiger partial charge in [-0.2, -0.15) is 0 Å². The molecule has 6 heteroatoms. The average Bonchev–Trinajstić information content (AvgIpc) is 2.63. The molecule has 2 aromatic carbocycles. The lowest BCUT2D eigenvalue weighted by molar-refractivity contribution is 0.108. The van der Waals surface area contributed by atoms with Crippen LogP contribution in [0.4, 0.5) is 10.5 Å². The van der Waals surface area contributed by atoms with Crippen LogP contribution in [-0.2, 0) is 5.54 Å². The zero-order chi connectivity index (χ0) is 18.3. The molecule has 2 N–H and O–H groups in total. The van der Waals surface area contributed by atoms with Crippen LogP contribution < -0.4 is 10.6 Å². The Balaban J connectivity index is 1.82. The van der Waals surface area contributed by atoms with Crippen LogP contribution in [0.25, 0.3) is 11.1 Å². The van der Waals surface area contributed by atoms with Crippen LogP contribution in [0.5, 0.6) is 0 Å². The summed E-state index contributed by atoms with van der Waals surface area (Å²) in [6.45, 7) is 0. The van der Waals surface area contributed by atoms with Crippen molar-refractivity contribution in [3.05, 3.63) is 52.5 Å². The van der Waals surface area contributed by atoms with Gasteiger partial charge in [0.15, 0.2) is 0 Å². The zero-order valence-electron chi connectivity index (χ0n) is 14.1. The van der Waals surface area contributed by atoms with Gasteiger partial charge in [-0.05, 0) is 59.8 Å². The van der Waals surface area contributed by atoms with E-state index in [1.54, 1.807) is 12.1 Å². The second-order valence-electron chi connectivity index (χ2n) is 6.95. The van der Waals surface area contributed by atoms with E-state index in [2.05, 4.69) is 16.7 Å². The molecule has 0 aromatic heterocycles. The first-order valence-electron chi connectivity index (χ1n) is 8.72. The van der Waals surface area contributed by atoms with E-state index in [1.807, 2.05) is 18.2 Å². The quantitative estimate of drug-likeness (QED) is 0.649. The maximum Gasteiger partial charge on any atom is 0.319 e. The van der Waals surface area contributed by atoms with E-state index >= 15 is 0 Å². The molecule has 1 saturated carbocycles. The van der Waals surface area contributed by atoms with Crippen molar-refractivity contribution < 1.29 is 9.59 Å². The molecule has 0 unspecified atom stereocenters. The Morgan fingerprint density at radius 2 is 1.69 bits per heavy atom. The van der Waals surface area contributed by atoms with Gasteiger partial charge in [-0.3, -0.25) is 4.79 Å². The van der Waals surface area contributed by atoms with Crippen molar-refractivity contribution in [1.29, 1.82) is 0 Å². The predicted octanol–water partition coefficient (Wildman–Crippen LogP) is 5.68. The minimum atomic E-state index is -0.479. The van der Waals surface area contributed by atoms with Gasteiger partial charge < -0.3 is 10.6 Å². The average molecular weight is 389 g/mol. The third-order valence-electron chi connectivity index (χ3n) is 5.35. The van der Waals surface area contributed by atoms with E-state index < -0.39 is 5.24 Å². The molecule has 0 atom stereocenters. The van der Waals surface area contributed by atoms with Crippen LogP contribution >= 0.6 is 23.2 Å². The molecule has 134 valence electrons. The lowest BCUT2D eigenvalue weighted by atomic mass is 9.74. The number of benzene rings is 2. The smallest absolute Gasteiger partial charge is 0.319 e. The second-order valence-corrected chi connectivity index (χ2v) is 7.70. The maximum atomic E-state index is 12.2. The van der Waals surface area contributed by atoms with Gasteiger partial charge in [0.2, 0.25) is 0 Å². The predicted molar refractivity (Wildman–Crippen MR) is 104 cm³/mol. The van der Waals surface area contributed by atoms with Gasteiger partial charge in [-0.25, -0.2) is 4.79 Å². The molecule has 0 bridgehead atoms. The summed E-state index contributed by atoms with van der Waals surface area (Å²) in [5.74, 6) is 0. The van der Waals surface area contributed by atoms with Crippen molar-refractivity contribution in [3.8, 4) is 11.1 Å². The SMILES string of the molecule is O=C1Nc2c(Cl)cc(-c3ccc(C(=O)Cl)cc3)cc2C2(CCCCC2)N1. The number of nitrogens with one attached hydrogen (secondary N) is 2. The van der Waals surface area contributed by atoms with Gasteiger partial charge in [0.1, 0.15) is 0 Å². The third-order valence-corrected chi connectivity index (χ3v) is 5.87. The topological polar surface area (TPSA) is 58.2 Å². The summed E-state index contributed by atoms with van der Waals surface area (Å²) in [7, 11) is 0. The molecule has 1 aliphatic carbocycles. The van der Waals surface area contributed by atoms with E-state index in [9.17, 15) is 9.59 Å². The summed E-state index contributed by atoms with van der Waals surface area (Å²) < 4.78 is 0. The van der Waals surface area contributed by atoms with Crippen molar-refractivity contribution in [1.82, 2.24) is 5.32 Å². The summed E-state index contributed by atoms with van der Waals surface area (Å²) in [4.78, 5) is 23.5. The lowest BCUT2D eigenvalue weighted by Gasteiger charge is -2.43. The fourth-order valence-corrected chi connectivity index (χ4v) is 4.44. The monoisotopic (exact) mass is 388 g/mol. The number of hydrogen-bond acceptors (Lipinski definition) is 2. The Kier molecular flexibility index (Phi) is 4.41. The van der Waals surface area contributed by atoms with Crippen LogP contribution in [0.15, 0.2) is 36.4 Å². The molecule has 1 fully saturated rings.